The van der Waals surface area contributed by atoms with Crippen molar-refractivity contribution in [2.75, 3.05) is 0 Å². The Morgan fingerprint density at radius 1 is 0.389 bits per heavy atom. The first-order chi connectivity index (χ1) is 16.6. The van der Waals surface area contributed by atoms with Gasteiger partial charge in [-0.25, -0.2) is 29.9 Å². The van der Waals surface area contributed by atoms with E-state index in [9.17, 15) is 39.5 Å². The van der Waals surface area contributed by atoms with Gasteiger partial charge in [0, 0.05) is 0 Å². The molecule has 0 amide bonds. The van der Waals surface area contributed by atoms with Gasteiger partial charge in [0.2, 0.25) is 0 Å². The van der Waals surface area contributed by atoms with Crippen LogP contribution in [-0.4, -0.2) is 29.9 Å². The van der Waals surface area contributed by atoms with Crippen molar-refractivity contribution in [3.63, 3.8) is 0 Å². The minimum atomic E-state index is -5.33. The Kier molecular flexibility index (Phi) is 5.07. The number of benzene rings is 1. The number of hydrogen-bond acceptors (Lipinski definition) is 9. The highest BCUT2D eigenvalue weighted by atomic mass is 19.4. The van der Waals surface area contributed by atoms with Gasteiger partial charge in [0.25, 0.3) is 0 Å². The van der Waals surface area contributed by atoms with Gasteiger partial charge >= 0.3 is 18.5 Å². The highest BCUT2D eigenvalue weighted by molar-refractivity contribution is 6.18. The SMILES string of the molecule is N#Cc1nc2c(nc1C(F)(F)F)c1nc(C#N)c(C(F)(F)F)nc1c1nc(C#N)c(C(F)(F)F)nc21. The van der Waals surface area contributed by atoms with E-state index in [0.29, 0.717) is 0 Å². The highest BCUT2D eigenvalue weighted by Gasteiger charge is 2.41. The second-order valence-electron chi connectivity index (χ2n) is 6.68. The summed E-state index contributed by atoms with van der Waals surface area (Å²) in [5.41, 5.74) is -16.0. The molecular weight excluding hydrogens is 513 g/mol. The van der Waals surface area contributed by atoms with Gasteiger partial charge in [-0.1, -0.05) is 0 Å². The first-order valence-electron chi connectivity index (χ1n) is 8.80. The van der Waals surface area contributed by atoms with Crippen LogP contribution in [0.2, 0.25) is 0 Å². The van der Waals surface area contributed by atoms with Gasteiger partial charge in [0.05, 0.1) is 0 Å². The average Bonchev–Trinajstić information content (AvgIpc) is 2.79. The molecule has 0 bridgehead atoms. The molecule has 3 heterocycles. The second-order valence-corrected chi connectivity index (χ2v) is 6.68. The quantitative estimate of drug-likeness (QED) is 0.249. The van der Waals surface area contributed by atoms with Crippen molar-refractivity contribution >= 4 is 33.1 Å². The molecular formula is C18F9N9. The number of fused-ring (bicyclic) bond motifs is 6. The molecule has 0 atom stereocenters. The van der Waals surface area contributed by atoms with Gasteiger partial charge in [-0.05, 0) is 0 Å². The summed E-state index contributed by atoms with van der Waals surface area (Å²) >= 11 is 0. The molecule has 0 fully saturated rings. The second kappa shape index (κ2) is 7.54. The van der Waals surface area contributed by atoms with E-state index in [-0.39, 0.29) is 0 Å². The third kappa shape index (κ3) is 3.67. The van der Waals surface area contributed by atoms with E-state index in [0.717, 1.165) is 18.2 Å². The van der Waals surface area contributed by atoms with E-state index < -0.39 is 85.8 Å². The summed E-state index contributed by atoms with van der Waals surface area (Å²) in [4.78, 5) is 19.7. The summed E-state index contributed by atoms with van der Waals surface area (Å²) < 4.78 is 121. The topological polar surface area (TPSA) is 149 Å². The third-order valence-electron chi connectivity index (χ3n) is 4.48. The molecule has 1 aromatic carbocycles. The summed E-state index contributed by atoms with van der Waals surface area (Å²) in [7, 11) is 0. The molecule has 0 unspecified atom stereocenters. The summed E-state index contributed by atoms with van der Waals surface area (Å²) in [5, 5.41) is 27.3. The lowest BCUT2D eigenvalue weighted by molar-refractivity contribution is -0.142. The van der Waals surface area contributed by atoms with Crippen molar-refractivity contribution in [1.29, 1.82) is 15.8 Å². The Balaban J connectivity index is 2.40. The van der Waals surface area contributed by atoms with Crippen molar-refractivity contribution in [2.45, 2.75) is 18.5 Å². The van der Waals surface area contributed by atoms with Gasteiger partial charge in [0.1, 0.15) is 51.3 Å². The predicted molar refractivity (Wildman–Crippen MR) is 94.9 cm³/mol. The van der Waals surface area contributed by atoms with Crippen LogP contribution in [0, 0.1) is 34.0 Å². The van der Waals surface area contributed by atoms with Crippen LogP contribution < -0.4 is 0 Å². The number of nitrogens with zero attached hydrogens (tertiary/aromatic N) is 9. The van der Waals surface area contributed by atoms with Gasteiger partial charge in [-0.15, -0.1) is 0 Å². The molecule has 0 aliphatic rings. The van der Waals surface area contributed by atoms with Crippen molar-refractivity contribution in [1.82, 2.24) is 29.9 Å². The van der Waals surface area contributed by atoms with Crippen LogP contribution in [0.25, 0.3) is 33.1 Å². The van der Waals surface area contributed by atoms with Crippen LogP contribution in [0.3, 0.4) is 0 Å². The smallest absolute Gasteiger partial charge is 0.236 e. The van der Waals surface area contributed by atoms with Crippen LogP contribution in [0.4, 0.5) is 39.5 Å². The maximum atomic E-state index is 13.5. The zero-order valence-corrected chi connectivity index (χ0v) is 16.4. The van der Waals surface area contributed by atoms with Gasteiger partial charge in [-0.2, -0.15) is 55.3 Å². The normalized spacial score (nSPS) is 12.5. The number of alkyl halides is 9. The minimum absolute atomic E-state index is 0.942. The fraction of sp³-hybridized carbons (Fsp3) is 0.167. The molecule has 180 valence electrons. The molecule has 18 heteroatoms. The molecule has 9 nitrogen and oxygen atoms in total. The van der Waals surface area contributed by atoms with Crippen LogP contribution in [0.15, 0.2) is 0 Å². The van der Waals surface area contributed by atoms with E-state index in [1.54, 1.807) is 0 Å². The zero-order chi connectivity index (χ0) is 26.8. The van der Waals surface area contributed by atoms with Gasteiger partial charge in [0.15, 0.2) is 34.2 Å². The summed E-state index contributed by atoms with van der Waals surface area (Å²) in [6, 6.07) is 3.22. The fourth-order valence-corrected chi connectivity index (χ4v) is 3.12. The van der Waals surface area contributed by atoms with E-state index in [4.69, 9.17) is 15.8 Å². The molecule has 0 aliphatic carbocycles. The maximum Gasteiger partial charge on any atom is 0.436 e. The molecule has 0 saturated heterocycles. The molecule has 36 heavy (non-hydrogen) atoms. The Morgan fingerprint density at radius 2 is 0.583 bits per heavy atom. The number of aromatic nitrogens is 6. The number of hydrogen-bond donors (Lipinski definition) is 0. The molecule has 0 saturated carbocycles. The fourth-order valence-electron chi connectivity index (χ4n) is 3.12. The van der Waals surface area contributed by atoms with Crippen molar-refractivity contribution < 1.29 is 39.5 Å². The van der Waals surface area contributed by atoms with Crippen LogP contribution in [0.5, 0.6) is 0 Å². The van der Waals surface area contributed by atoms with Crippen molar-refractivity contribution in [3.05, 3.63) is 34.2 Å². The largest absolute Gasteiger partial charge is 0.436 e. The lowest BCUT2D eigenvalue weighted by Crippen LogP contribution is -2.17. The Bertz CT molecular complexity index is 1500. The Hall–Kier alpha value is -4.92. The van der Waals surface area contributed by atoms with E-state index >= 15 is 0 Å². The molecule has 0 N–H and O–H groups in total. The molecule has 4 rings (SSSR count). The molecule has 4 aromatic rings. The number of nitriles is 3. The standard InChI is InChI=1S/C18F9N9/c19-16(20,21)13-4(1-28)31-7-10(34-13)8-12(36-15(18(25,26)27)6(3-30)32-8)9-11(7)35-14(17(22,23)24)5(2-29)33-9. The lowest BCUT2D eigenvalue weighted by atomic mass is 10.1. The van der Waals surface area contributed by atoms with E-state index in [1.165, 1.54) is 0 Å². The summed E-state index contributed by atoms with van der Waals surface area (Å²) in [5.74, 6) is 0. The third-order valence-corrected chi connectivity index (χ3v) is 4.48. The minimum Gasteiger partial charge on any atom is -0.236 e. The predicted octanol–water partition coefficient (Wildman–Crippen LogP) is 4.19. The summed E-state index contributed by atoms with van der Waals surface area (Å²) in [6.45, 7) is 0. The molecule has 0 spiro atoms. The van der Waals surface area contributed by atoms with E-state index in [1.807, 2.05) is 0 Å². The number of rotatable bonds is 0. The maximum absolute atomic E-state index is 13.5. The summed E-state index contributed by atoms with van der Waals surface area (Å²) in [6.07, 6.45) is -16.0. The first kappa shape index (κ1) is 24.2. The average molecular weight is 513 g/mol. The Morgan fingerprint density at radius 3 is 0.750 bits per heavy atom. The first-order valence-corrected chi connectivity index (χ1v) is 8.80. The van der Waals surface area contributed by atoms with Crippen molar-refractivity contribution in [2.24, 2.45) is 0 Å². The Labute approximate surface area is 190 Å². The molecule has 3 aromatic heterocycles. The highest BCUT2D eigenvalue weighted by Crippen LogP contribution is 2.39. The van der Waals surface area contributed by atoms with E-state index in [2.05, 4.69) is 29.9 Å². The van der Waals surface area contributed by atoms with Crippen LogP contribution in [-0.2, 0) is 18.5 Å². The van der Waals surface area contributed by atoms with Crippen molar-refractivity contribution in [3.8, 4) is 18.2 Å². The van der Waals surface area contributed by atoms with Crippen LogP contribution >= 0.6 is 0 Å². The van der Waals surface area contributed by atoms with Crippen LogP contribution in [0.1, 0.15) is 34.2 Å². The lowest BCUT2D eigenvalue weighted by Gasteiger charge is -2.14. The number of halogens is 9. The monoisotopic (exact) mass is 513 g/mol. The van der Waals surface area contributed by atoms with Gasteiger partial charge in [-0.3, -0.25) is 0 Å². The van der Waals surface area contributed by atoms with Gasteiger partial charge < -0.3 is 0 Å². The zero-order valence-electron chi connectivity index (χ0n) is 16.4. The molecule has 0 radical (unpaired) electrons. The molecule has 0 aliphatic heterocycles.